The van der Waals surface area contributed by atoms with Crippen molar-refractivity contribution in [1.82, 2.24) is 0 Å². The van der Waals surface area contributed by atoms with Gasteiger partial charge in [0.2, 0.25) is 0 Å². The van der Waals surface area contributed by atoms with Crippen molar-refractivity contribution in [2.75, 3.05) is 0 Å². The molecule has 9 heavy (non-hydrogen) atoms. The second-order valence-electron chi connectivity index (χ2n) is 0.588. The molecule has 0 saturated carbocycles. The Morgan fingerprint density at radius 1 is 1.56 bits per heavy atom. The Hall–Kier alpha value is 0.160. The molecule has 0 aromatic carbocycles. The van der Waals surface area contributed by atoms with E-state index in [0.29, 0.717) is 0 Å². The number of hydrogen-bond acceptors (Lipinski definition) is 4. The fraction of sp³-hybridized carbons (Fsp3) is 0.333. The number of carboxylic acid groups (broad SMARTS) is 2. The number of carbonyl (C=O) groups excluding carboxylic acids is 2. The van der Waals surface area contributed by atoms with Crippen molar-refractivity contribution in [1.29, 1.82) is 0 Å². The van der Waals surface area contributed by atoms with E-state index >= 15 is 0 Å². The first-order valence-corrected chi connectivity index (χ1v) is 1.38. The van der Waals surface area contributed by atoms with Crippen molar-refractivity contribution in [3.05, 3.63) is 0 Å². The standard InChI is InChI=1S/C2H4O2.CH2O2.Ca.H2O/c1-2(3)4;2-1-3;;/h1H3,(H,3,4);1H,(H,2,3);;1H2/q;;+2;/p-2. The van der Waals surface area contributed by atoms with Gasteiger partial charge in [-0.2, -0.15) is 0 Å². The van der Waals surface area contributed by atoms with Crippen LogP contribution in [0.15, 0.2) is 0 Å². The molecule has 0 bridgehead atoms. The predicted octanol–water partition coefficient (Wildman–Crippen LogP) is -4.08. The van der Waals surface area contributed by atoms with Gasteiger partial charge in [-0.25, -0.2) is 0 Å². The Bertz CT molecular complexity index is 59.2. The SMILES string of the molecule is CC(=O)[O-].O.O=C[O-].[Ca+2]. The zero-order valence-corrected chi connectivity index (χ0v) is 7.13. The minimum Gasteiger partial charge on any atom is -0.554 e. The number of rotatable bonds is 0. The van der Waals surface area contributed by atoms with E-state index in [1.807, 2.05) is 0 Å². The van der Waals surface area contributed by atoms with Gasteiger partial charge in [0.25, 0.3) is 0 Å². The molecular weight excluding hydrogens is 156 g/mol. The van der Waals surface area contributed by atoms with Crippen LogP contribution in [0.4, 0.5) is 0 Å². The van der Waals surface area contributed by atoms with Gasteiger partial charge in [0, 0.05) is 12.4 Å². The summed E-state index contributed by atoms with van der Waals surface area (Å²) < 4.78 is 0. The van der Waals surface area contributed by atoms with Crippen LogP contribution in [0.1, 0.15) is 6.92 Å². The number of hydrogen-bond donors (Lipinski definition) is 0. The Morgan fingerprint density at radius 2 is 1.56 bits per heavy atom. The van der Waals surface area contributed by atoms with Crippen LogP contribution < -0.4 is 10.2 Å². The van der Waals surface area contributed by atoms with Gasteiger partial charge >= 0.3 is 37.7 Å². The first-order valence-electron chi connectivity index (χ1n) is 1.38. The molecule has 0 saturated heterocycles. The van der Waals surface area contributed by atoms with Crippen LogP contribution >= 0.6 is 0 Å². The van der Waals surface area contributed by atoms with E-state index in [9.17, 15) is 0 Å². The van der Waals surface area contributed by atoms with Crippen molar-refractivity contribution in [3.8, 4) is 0 Å². The fourth-order valence-corrected chi connectivity index (χ4v) is 0. The molecule has 0 unspecified atom stereocenters. The molecule has 0 amide bonds. The maximum atomic E-state index is 8.89. The molecule has 0 spiro atoms. The zero-order chi connectivity index (χ0) is 6.28. The first kappa shape index (κ1) is 22.9. The number of aliphatic carboxylic acids is 1. The third kappa shape index (κ3) is 12100. The van der Waals surface area contributed by atoms with E-state index < -0.39 is 12.4 Å². The molecule has 0 aliphatic heterocycles. The Balaban J connectivity index is -0.0000000233. The molecule has 5 nitrogen and oxygen atoms in total. The van der Waals surface area contributed by atoms with Gasteiger partial charge in [0.1, 0.15) is 0 Å². The van der Waals surface area contributed by atoms with E-state index in [4.69, 9.17) is 19.8 Å². The predicted molar refractivity (Wildman–Crippen MR) is 26.1 cm³/mol. The second kappa shape index (κ2) is 24.2. The molecule has 0 aromatic rings. The van der Waals surface area contributed by atoms with Crippen molar-refractivity contribution < 1.29 is 25.3 Å². The molecule has 0 aromatic heterocycles. The van der Waals surface area contributed by atoms with Gasteiger partial charge in [-0.1, -0.05) is 0 Å². The number of carbonyl (C=O) groups is 2. The van der Waals surface area contributed by atoms with Crippen molar-refractivity contribution in [3.63, 3.8) is 0 Å². The van der Waals surface area contributed by atoms with E-state index in [1.165, 1.54) is 0 Å². The topological polar surface area (TPSA) is 112 Å². The third-order valence-electron chi connectivity index (χ3n) is 0. The Kier molecular flexibility index (Phi) is 61.5. The molecule has 0 aliphatic carbocycles. The van der Waals surface area contributed by atoms with Crippen molar-refractivity contribution in [2.45, 2.75) is 6.92 Å². The van der Waals surface area contributed by atoms with Crippen LogP contribution in [0.3, 0.4) is 0 Å². The summed E-state index contributed by atoms with van der Waals surface area (Å²) in [7, 11) is 0. The summed E-state index contributed by atoms with van der Waals surface area (Å²) in [6, 6.07) is 0. The van der Waals surface area contributed by atoms with Gasteiger partial charge in [-0.05, 0) is 6.92 Å². The van der Waals surface area contributed by atoms with Crippen LogP contribution in [0.5, 0.6) is 0 Å². The average Bonchev–Trinajstić information content (AvgIpc) is 1.33. The average molecular weight is 162 g/mol. The van der Waals surface area contributed by atoms with Crippen molar-refractivity contribution in [2.24, 2.45) is 0 Å². The Morgan fingerprint density at radius 3 is 1.56 bits per heavy atom. The monoisotopic (exact) mass is 162 g/mol. The summed E-state index contributed by atoms with van der Waals surface area (Å²) in [5.74, 6) is -1.08. The molecule has 0 aliphatic rings. The minimum absolute atomic E-state index is 0. The van der Waals surface area contributed by atoms with E-state index in [1.54, 1.807) is 0 Å². The molecule has 0 heterocycles. The maximum Gasteiger partial charge on any atom is 2.00 e. The van der Waals surface area contributed by atoms with Gasteiger partial charge in [0.15, 0.2) is 0 Å². The fourth-order valence-electron chi connectivity index (χ4n) is 0. The van der Waals surface area contributed by atoms with Gasteiger partial charge in [0.05, 0.1) is 0 Å². The molecule has 50 valence electrons. The quantitative estimate of drug-likeness (QED) is 0.266. The van der Waals surface area contributed by atoms with E-state index in [0.717, 1.165) is 6.92 Å². The minimum atomic E-state index is -1.08. The Labute approximate surface area is 82.0 Å². The second-order valence-corrected chi connectivity index (χ2v) is 0.588. The van der Waals surface area contributed by atoms with Crippen LogP contribution in [0, 0.1) is 0 Å². The maximum absolute atomic E-state index is 8.89. The molecule has 0 atom stereocenters. The van der Waals surface area contributed by atoms with Gasteiger partial charge in [-0.15, -0.1) is 0 Å². The molecule has 2 N–H and O–H groups in total. The van der Waals surface area contributed by atoms with Crippen LogP contribution in [-0.4, -0.2) is 55.7 Å². The normalized spacial score (nSPS) is 4.11. The smallest absolute Gasteiger partial charge is 0.554 e. The molecular formula is C3H6CaO5. The van der Waals surface area contributed by atoms with E-state index in [-0.39, 0.29) is 43.2 Å². The molecule has 6 heteroatoms. The summed E-state index contributed by atoms with van der Waals surface area (Å²) in [5, 5.41) is 17.1. The summed E-state index contributed by atoms with van der Waals surface area (Å²) in [6.45, 7) is 0.472. The third-order valence-corrected chi connectivity index (χ3v) is 0. The van der Waals surface area contributed by atoms with E-state index in [2.05, 4.69) is 0 Å². The number of carboxylic acids is 1. The molecule has 0 fully saturated rings. The first-order chi connectivity index (χ1) is 3.15. The van der Waals surface area contributed by atoms with Crippen LogP contribution in [0.2, 0.25) is 0 Å². The summed E-state index contributed by atoms with van der Waals surface area (Å²) in [4.78, 5) is 17.1. The molecule has 0 radical (unpaired) electrons. The van der Waals surface area contributed by atoms with Gasteiger partial charge in [-0.3, -0.25) is 0 Å². The zero-order valence-electron chi connectivity index (χ0n) is 4.92. The van der Waals surface area contributed by atoms with Crippen molar-refractivity contribution >= 4 is 50.2 Å². The molecule has 0 rings (SSSR count). The summed E-state index contributed by atoms with van der Waals surface area (Å²) in [5.41, 5.74) is 0. The van der Waals surface area contributed by atoms with Crippen LogP contribution in [0.25, 0.3) is 0 Å². The largest absolute Gasteiger partial charge is 2.00 e. The summed E-state index contributed by atoms with van der Waals surface area (Å²) in [6.07, 6.45) is 0. The summed E-state index contributed by atoms with van der Waals surface area (Å²) >= 11 is 0. The van der Waals surface area contributed by atoms with Gasteiger partial charge < -0.3 is 25.3 Å². The van der Waals surface area contributed by atoms with Crippen LogP contribution in [-0.2, 0) is 9.59 Å².